The number of guanidine groups is 1. The smallest absolute Gasteiger partial charge is 0.343 e. The minimum atomic E-state index is -3.53. The number of sulfonamides is 1. The Hall–Kier alpha value is -2.91. The number of carbonyl (C=O) groups is 1. The summed E-state index contributed by atoms with van der Waals surface area (Å²) in [5.74, 6) is -0.561. The first-order valence-electron chi connectivity index (χ1n) is 7.16. The van der Waals surface area contributed by atoms with Crippen LogP contribution >= 0.6 is 0 Å². The monoisotopic (exact) mass is 362 g/mol. The van der Waals surface area contributed by atoms with Gasteiger partial charge in [0.1, 0.15) is 5.75 Å². The van der Waals surface area contributed by atoms with Gasteiger partial charge < -0.3 is 15.8 Å². The zero-order valence-electron chi connectivity index (χ0n) is 13.7. The van der Waals surface area contributed by atoms with Gasteiger partial charge in [0.25, 0.3) is 0 Å². The highest BCUT2D eigenvalue weighted by Gasteiger charge is 2.17. The molecule has 25 heavy (non-hydrogen) atoms. The lowest BCUT2D eigenvalue weighted by molar-refractivity contribution is 0.0734. The van der Waals surface area contributed by atoms with E-state index >= 15 is 0 Å². The summed E-state index contributed by atoms with van der Waals surface area (Å²) in [6.07, 6.45) is 0. The molecule has 8 nitrogen and oxygen atoms in total. The van der Waals surface area contributed by atoms with Gasteiger partial charge in [-0.05, 0) is 48.5 Å². The summed E-state index contributed by atoms with van der Waals surface area (Å²) < 4.78 is 30.3. The van der Waals surface area contributed by atoms with Crippen LogP contribution in [0, 0.1) is 5.41 Å². The molecule has 132 valence electrons. The molecule has 2 aromatic carbocycles. The van der Waals surface area contributed by atoms with Crippen LogP contribution < -0.4 is 15.8 Å². The molecule has 2 aromatic rings. The highest BCUT2D eigenvalue weighted by atomic mass is 32.2. The zero-order chi connectivity index (χ0) is 18.6. The minimum absolute atomic E-state index is 0.108. The van der Waals surface area contributed by atoms with Crippen molar-refractivity contribution < 1.29 is 17.9 Å². The van der Waals surface area contributed by atoms with Crippen molar-refractivity contribution in [2.45, 2.75) is 4.90 Å². The van der Waals surface area contributed by atoms with Gasteiger partial charge in [-0.25, -0.2) is 17.5 Å². The SMILES string of the molecule is CN(C)S(=O)(=O)c1ccc(OC(=O)c2ccc(NC(=N)N)cc2)cc1. The van der Waals surface area contributed by atoms with Crippen LogP contribution in [0.25, 0.3) is 0 Å². The number of nitrogens with zero attached hydrogens (tertiary/aromatic N) is 1. The number of esters is 1. The first-order valence-corrected chi connectivity index (χ1v) is 8.60. The van der Waals surface area contributed by atoms with Crippen molar-refractivity contribution in [3.63, 3.8) is 0 Å². The molecular weight excluding hydrogens is 344 g/mol. The summed E-state index contributed by atoms with van der Waals surface area (Å²) in [6.45, 7) is 0. The molecule has 0 aliphatic heterocycles. The maximum Gasteiger partial charge on any atom is 0.343 e. The highest BCUT2D eigenvalue weighted by Crippen LogP contribution is 2.19. The molecule has 0 heterocycles. The molecule has 2 rings (SSSR count). The second-order valence-corrected chi connectivity index (χ2v) is 7.42. The number of nitrogens with two attached hydrogens (primary N) is 1. The molecule has 0 radical (unpaired) electrons. The first kappa shape index (κ1) is 18.4. The van der Waals surface area contributed by atoms with Crippen molar-refractivity contribution >= 4 is 27.6 Å². The van der Waals surface area contributed by atoms with Crippen LogP contribution in [-0.4, -0.2) is 38.7 Å². The van der Waals surface area contributed by atoms with Crippen LogP contribution in [0.1, 0.15) is 10.4 Å². The fraction of sp³-hybridized carbons (Fsp3) is 0.125. The third-order valence-corrected chi connectivity index (χ3v) is 5.04. The molecule has 0 atom stereocenters. The number of anilines is 1. The predicted octanol–water partition coefficient (Wildman–Crippen LogP) is 1.46. The summed E-state index contributed by atoms with van der Waals surface area (Å²) in [6, 6.07) is 11.8. The Balaban J connectivity index is 2.09. The van der Waals surface area contributed by atoms with Gasteiger partial charge >= 0.3 is 5.97 Å². The Morgan fingerprint density at radius 3 is 2.12 bits per heavy atom. The van der Waals surface area contributed by atoms with Crippen molar-refractivity contribution in [3.8, 4) is 5.75 Å². The van der Waals surface area contributed by atoms with Gasteiger partial charge in [-0.15, -0.1) is 0 Å². The highest BCUT2D eigenvalue weighted by molar-refractivity contribution is 7.89. The van der Waals surface area contributed by atoms with Gasteiger partial charge in [0.2, 0.25) is 10.0 Å². The van der Waals surface area contributed by atoms with Gasteiger partial charge in [-0.2, -0.15) is 0 Å². The summed E-state index contributed by atoms with van der Waals surface area (Å²) in [7, 11) is -0.654. The Morgan fingerprint density at radius 2 is 1.64 bits per heavy atom. The van der Waals surface area contributed by atoms with Gasteiger partial charge in [0, 0.05) is 19.8 Å². The maximum atomic E-state index is 12.1. The van der Waals surface area contributed by atoms with E-state index in [0.29, 0.717) is 11.3 Å². The van der Waals surface area contributed by atoms with E-state index in [4.69, 9.17) is 15.9 Å². The fourth-order valence-corrected chi connectivity index (χ4v) is 2.80. The quantitative estimate of drug-likeness (QED) is 0.320. The van der Waals surface area contributed by atoms with Crippen molar-refractivity contribution in [2.24, 2.45) is 5.73 Å². The molecule has 0 aliphatic carbocycles. The Labute approximate surface area is 145 Å². The summed E-state index contributed by atoms with van der Waals surface area (Å²) >= 11 is 0. The van der Waals surface area contributed by atoms with Crippen LogP contribution in [0.3, 0.4) is 0 Å². The third-order valence-electron chi connectivity index (χ3n) is 3.21. The molecule has 0 saturated carbocycles. The second kappa shape index (κ2) is 7.32. The molecule has 0 bridgehead atoms. The number of nitrogens with one attached hydrogen (secondary N) is 2. The molecular formula is C16H18N4O4S. The Kier molecular flexibility index (Phi) is 5.40. The van der Waals surface area contributed by atoms with E-state index < -0.39 is 16.0 Å². The van der Waals surface area contributed by atoms with Gasteiger partial charge in [0.15, 0.2) is 5.96 Å². The van der Waals surface area contributed by atoms with Crippen LogP contribution in [0.15, 0.2) is 53.4 Å². The normalized spacial score (nSPS) is 11.2. The van der Waals surface area contributed by atoms with E-state index in [9.17, 15) is 13.2 Å². The van der Waals surface area contributed by atoms with Crippen LogP contribution in [0.4, 0.5) is 5.69 Å². The Morgan fingerprint density at radius 1 is 1.08 bits per heavy atom. The molecule has 0 amide bonds. The maximum absolute atomic E-state index is 12.1. The van der Waals surface area contributed by atoms with E-state index in [-0.39, 0.29) is 16.6 Å². The molecule has 0 spiro atoms. The predicted molar refractivity (Wildman–Crippen MR) is 94.3 cm³/mol. The average Bonchev–Trinajstić information content (AvgIpc) is 2.55. The van der Waals surface area contributed by atoms with Crippen LogP contribution in [-0.2, 0) is 10.0 Å². The van der Waals surface area contributed by atoms with Gasteiger partial charge in [0.05, 0.1) is 10.5 Å². The molecule has 0 fully saturated rings. The fourth-order valence-electron chi connectivity index (χ4n) is 1.90. The van der Waals surface area contributed by atoms with Gasteiger partial charge in [-0.3, -0.25) is 5.41 Å². The molecule has 0 aromatic heterocycles. The topological polar surface area (TPSA) is 126 Å². The molecule has 0 saturated heterocycles. The van der Waals surface area contributed by atoms with Crippen molar-refractivity contribution in [1.82, 2.24) is 4.31 Å². The van der Waals surface area contributed by atoms with Crippen molar-refractivity contribution in [3.05, 3.63) is 54.1 Å². The standard InChI is InChI=1S/C16H18N4O4S/c1-20(2)25(22,23)14-9-7-13(8-10-14)24-15(21)11-3-5-12(6-4-11)19-16(17)18/h3-10H,1-2H3,(H4,17,18,19). The van der Waals surface area contributed by atoms with Crippen LogP contribution in [0.2, 0.25) is 0 Å². The first-order chi connectivity index (χ1) is 11.7. The largest absolute Gasteiger partial charge is 0.423 e. The summed E-state index contributed by atoms with van der Waals surface area (Å²) in [5.41, 5.74) is 6.10. The van der Waals surface area contributed by atoms with E-state index in [2.05, 4.69) is 5.32 Å². The molecule has 9 heteroatoms. The zero-order valence-corrected chi connectivity index (χ0v) is 14.5. The number of hydrogen-bond donors (Lipinski definition) is 3. The number of carbonyl (C=O) groups excluding carboxylic acids is 1. The molecule has 0 aliphatic rings. The van der Waals surface area contributed by atoms with Gasteiger partial charge in [-0.1, -0.05) is 0 Å². The van der Waals surface area contributed by atoms with E-state index in [1.54, 1.807) is 12.1 Å². The number of benzene rings is 2. The third kappa shape index (κ3) is 4.55. The summed E-state index contributed by atoms with van der Waals surface area (Å²) in [4.78, 5) is 12.2. The minimum Gasteiger partial charge on any atom is -0.423 e. The average molecular weight is 362 g/mol. The number of ether oxygens (including phenoxy) is 1. The van der Waals surface area contributed by atoms with E-state index in [0.717, 1.165) is 4.31 Å². The van der Waals surface area contributed by atoms with Crippen LogP contribution in [0.5, 0.6) is 5.75 Å². The van der Waals surface area contributed by atoms with E-state index in [1.165, 1.54) is 50.5 Å². The lowest BCUT2D eigenvalue weighted by atomic mass is 10.2. The number of hydrogen-bond acceptors (Lipinski definition) is 5. The number of rotatable bonds is 5. The van der Waals surface area contributed by atoms with Crippen molar-refractivity contribution in [1.29, 1.82) is 5.41 Å². The van der Waals surface area contributed by atoms with E-state index in [1.807, 2.05) is 0 Å². The van der Waals surface area contributed by atoms with Crippen molar-refractivity contribution in [2.75, 3.05) is 19.4 Å². The lowest BCUT2D eigenvalue weighted by Crippen LogP contribution is -2.22. The molecule has 4 N–H and O–H groups in total. The Bertz CT molecular complexity index is 875. The lowest BCUT2D eigenvalue weighted by Gasteiger charge is -2.11. The second-order valence-electron chi connectivity index (χ2n) is 5.26. The summed E-state index contributed by atoms with van der Waals surface area (Å²) in [5, 5.41) is 9.73. The molecule has 0 unspecified atom stereocenters.